The van der Waals surface area contributed by atoms with Gasteiger partial charge >= 0.3 is 5.97 Å². The fourth-order valence-electron chi connectivity index (χ4n) is 6.31. The highest BCUT2D eigenvalue weighted by Crippen LogP contribution is 2.21. The number of carbonyl (C=O) groups excluding carboxylic acids is 7. The van der Waals surface area contributed by atoms with Crippen molar-refractivity contribution in [1.29, 1.82) is 0 Å². The van der Waals surface area contributed by atoms with Crippen LogP contribution in [0.15, 0.2) is 24.3 Å². The molecule has 1 aromatic carbocycles. The number of benzene rings is 1. The van der Waals surface area contributed by atoms with Gasteiger partial charge in [0.05, 0.1) is 37.8 Å². The van der Waals surface area contributed by atoms with Crippen LogP contribution in [0.4, 0.5) is 0 Å². The van der Waals surface area contributed by atoms with Crippen molar-refractivity contribution >= 4 is 41.4 Å². The fourth-order valence-corrected chi connectivity index (χ4v) is 6.31. The van der Waals surface area contributed by atoms with Crippen LogP contribution in [0.3, 0.4) is 0 Å². The van der Waals surface area contributed by atoms with Crippen molar-refractivity contribution < 1.29 is 48.1 Å². The van der Waals surface area contributed by atoms with Crippen molar-refractivity contribution in [2.75, 3.05) is 26.3 Å². The minimum Gasteiger partial charge on any atom is -0.494 e. The van der Waals surface area contributed by atoms with E-state index in [0.29, 0.717) is 56.8 Å². The van der Waals surface area contributed by atoms with Gasteiger partial charge in [0, 0.05) is 19.9 Å². The average Bonchev–Trinajstić information content (AvgIpc) is 3.58. The van der Waals surface area contributed by atoms with Crippen LogP contribution in [-0.2, 0) is 44.7 Å². The first-order valence-electron chi connectivity index (χ1n) is 19.0. The van der Waals surface area contributed by atoms with E-state index in [9.17, 15) is 38.7 Å². The van der Waals surface area contributed by atoms with E-state index < -0.39 is 78.2 Å². The maximum Gasteiger partial charge on any atom is 0.305 e. The Morgan fingerprint density at radius 2 is 1.60 bits per heavy atom. The normalized spacial score (nSPS) is 17.5. The van der Waals surface area contributed by atoms with E-state index in [0.717, 1.165) is 0 Å². The Labute approximate surface area is 323 Å². The molecule has 55 heavy (non-hydrogen) atoms. The molecule has 0 aliphatic carbocycles. The summed E-state index contributed by atoms with van der Waals surface area (Å²) in [6.45, 7) is 11.2. The minimum absolute atomic E-state index is 0.0391. The second-order valence-corrected chi connectivity index (χ2v) is 14.4. The van der Waals surface area contributed by atoms with E-state index in [1.54, 1.807) is 49.9 Å². The third-order valence-electron chi connectivity index (χ3n) is 9.52. The monoisotopic (exact) mass is 775 g/mol. The molecular weight excluding hydrogens is 714 g/mol. The summed E-state index contributed by atoms with van der Waals surface area (Å²) in [5, 5.41) is 22.4. The number of nitrogens with zero attached hydrogens (tertiary/aromatic N) is 1. The summed E-state index contributed by atoms with van der Waals surface area (Å²) in [7, 11) is 0. The first kappa shape index (κ1) is 46.4. The van der Waals surface area contributed by atoms with Gasteiger partial charge < -0.3 is 47.3 Å². The largest absolute Gasteiger partial charge is 0.494 e. The van der Waals surface area contributed by atoms with Crippen LogP contribution in [0.1, 0.15) is 85.6 Å². The van der Waals surface area contributed by atoms with Gasteiger partial charge in [0.2, 0.25) is 35.4 Å². The molecule has 1 aliphatic heterocycles. The lowest BCUT2D eigenvalue weighted by molar-refractivity contribution is -0.143. The van der Waals surface area contributed by atoms with E-state index in [1.165, 1.54) is 6.92 Å². The van der Waals surface area contributed by atoms with Crippen LogP contribution in [0.2, 0.25) is 0 Å². The molecule has 0 aromatic heterocycles. The maximum atomic E-state index is 13.8. The molecule has 2 rings (SSSR count). The van der Waals surface area contributed by atoms with Gasteiger partial charge in [-0.1, -0.05) is 46.2 Å². The number of β-amino-alcohol motifs (C(OH)–C–C–N with tert-alkyl or cyclic N) is 1. The molecule has 308 valence electrons. The summed E-state index contributed by atoms with van der Waals surface area (Å²) in [6, 6.07) is 2.16. The number of carbonyl (C=O) groups is 7. The number of primary amides is 2. The Balaban J connectivity index is 2.26. The second kappa shape index (κ2) is 23.2. The topological polar surface area (TPSA) is 262 Å². The summed E-state index contributed by atoms with van der Waals surface area (Å²) >= 11 is 0. The third-order valence-corrected chi connectivity index (χ3v) is 9.52. The van der Waals surface area contributed by atoms with Crippen LogP contribution < -0.4 is 37.5 Å². The maximum absolute atomic E-state index is 13.8. The Hall–Kier alpha value is -4.77. The number of hydrogen-bond donors (Lipinski definition) is 7. The number of nitrogens with one attached hydrogen (secondary N) is 4. The van der Waals surface area contributed by atoms with E-state index in [4.69, 9.17) is 20.9 Å². The SMILES string of the molecule is CCOC(=O)CCCOc1ccc(CC(NC(=O)[C@H](CC(N)=O)NC(C)=O)[C@H](O)CN2CCCC2C(=O)NC(C(=O)NC(C(N)=O)C(C)C)[C@@H](C)CC)cc1. The number of rotatable bonds is 24. The molecule has 1 aliphatic rings. The number of amides is 6. The molecule has 1 heterocycles. The summed E-state index contributed by atoms with van der Waals surface area (Å²) in [5.41, 5.74) is 11.6. The van der Waals surface area contributed by atoms with Crippen LogP contribution in [-0.4, -0.2) is 114 Å². The lowest BCUT2D eigenvalue weighted by Gasteiger charge is -2.33. The van der Waals surface area contributed by atoms with Crippen LogP contribution in [0.25, 0.3) is 0 Å². The third kappa shape index (κ3) is 15.9. The standard InChI is InChI=1S/C38H61N7O10/c1-7-23(5)34(38(53)43-33(22(3)4)35(40)50)44-37(52)29-11-9-17-45(29)21-30(47)27(42-36(51)28(20-31(39)48)41-24(6)46)19-25-13-15-26(16-14-25)55-18-10-12-32(49)54-8-2/h13-16,22-23,27-30,33-34,47H,7-12,17-21H2,1-6H3,(H2,39,48)(H2,40,50)(H,41,46)(H,42,51)(H,43,53)(H,44,52)/t23-,27?,28-,29?,30+,33?,34?/m0/s1. The smallest absolute Gasteiger partial charge is 0.305 e. The summed E-state index contributed by atoms with van der Waals surface area (Å²) in [5.74, 6) is -4.01. The highest BCUT2D eigenvalue weighted by molar-refractivity contribution is 5.93. The number of hydrogen-bond acceptors (Lipinski definition) is 11. The van der Waals surface area contributed by atoms with Gasteiger partial charge in [-0.2, -0.15) is 0 Å². The molecule has 4 unspecified atom stereocenters. The van der Waals surface area contributed by atoms with Gasteiger partial charge in [0.15, 0.2) is 0 Å². The highest BCUT2D eigenvalue weighted by Gasteiger charge is 2.38. The van der Waals surface area contributed by atoms with E-state index in [2.05, 4.69) is 21.3 Å². The average molecular weight is 776 g/mol. The van der Waals surface area contributed by atoms with Gasteiger partial charge in [-0.3, -0.25) is 38.5 Å². The first-order chi connectivity index (χ1) is 26.0. The summed E-state index contributed by atoms with van der Waals surface area (Å²) < 4.78 is 10.7. The lowest BCUT2D eigenvalue weighted by atomic mass is 9.96. The highest BCUT2D eigenvalue weighted by atomic mass is 16.5. The number of likely N-dealkylation sites (tertiary alicyclic amines) is 1. The molecule has 17 heteroatoms. The molecule has 1 aromatic rings. The Morgan fingerprint density at radius 3 is 2.16 bits per heavy atom. The number of ether oxygens (including phenoxy) is 2. The van der Waals surface area contributed by atoms with Crippen LogP contribution >= 0.6 is 0 Å². The Kier molecular flexibility index (Phi) is 19.6. The van der Waals surface area contributed by atoms with E-state index >= 15 is 0 Å². The molecule has 9 N–H and O–H groups in total. The predicted molar refractivity (Wildman–Crippen MR) is 203 cm³/mol. The van der Waals surface area contributed by atoms with Gasteiger partial charge in [0.1, 0.15) is 23.9 Å². The zero-order valence-corrected chi connectivity index (χ0v) is 32.9. The predicted octanol–water partition coefficient (Wildman–Crippen LogP) is -0.202. The molecule has 1 saturated heterocycles. The molecule has 6 amide bonds. The molecular formula is C38H61N7O10. The molecule has 0 saturated carbocycles. The van der Waals surface area contributed by atoms with Crippen molar-refractivity contribution in [3.05, 3.63) is 29.8 Å². The number of esters is 1. The quantitative estimate of drug-likeness (QED) is 0.0534. The van der Waals surface area contributed by atoms with Crippen molar-refractivity contribution in [1.82, 2.24) is 26.2 Å². The van der Waals surface area contributed by atoms with Gasteiger partial charge in [-0.15, -0.1) is 0 Å². The van der Waals surface area contributed by atoms with Crippen molar-refractivity contribution in [2.24, 2.45) is 23.3 Å². The van der Waals surface area contributed by atoms with E-state index in [-0.39, 0.29) is 37.2 Å². The molecule has 1 fully saturated rings. The molecule has 7 atom stereocenters. The zero-order chi connectivity index (χ0) is 41.2. The zero-order valence-electron chi connectivity index (χ0n) is 32.9. The van der Waals surface area contributed by atoms with Gasteiger partial charge in [0.25, 0.3) is 0 Å². The second-order valence-electron chi connectivity index (χ2n) is 14.4. The van der Waals surface area contributed by atoms with Crippen LogP contribution in [0.5, 0.6) is 5.75 Å². The minimum atomic E-state index is -1.28. The number of aliphatic hydroxyl groups is 1. The first-order valence-corrected chi connectivity index (χ1v) is 19.0. The van der Waals surface area contributed by atoms with Gasteiger partial charge in [-0.25, -0.2) is 0 Å². The van der Waals surface area contributed by atoms with Crippen molar-refractivity contribution in [3.8, 4) is 5.75 Å². The fraction of sp³-hybridized carbons (Fsp3) is 0.658. The van der Waals surface area contributed by atoms with Crippen molar-refractivity contribution in [2.45, 2.75) is 123 Å². The van der Waals surface area contributed by atoms with Crippen molar-refractivity contribution in [3.63, 3.8) is 0 Å². The van der Waals surface area contributed by atoms with Crippen LogP contribution in [0, 0.1) is 11.8 Å². The van der Waals surface area contributed by atoms with E-state index in [1.807, 2.05) is 13.8 Å². The number of aliphatic hydroxyl groups excluding tert-OH is 1. The molecule has 17 nitrogen and oxygen atoms in total. The number of nitrogens with two attached hydrogens (primary N) is 2. The summed E-state index contributed by atoms with van der Waals surface area (Å²) in [6.07, 6.45) is 0.755. The summed E-state index contributed by atoms with van der Waals surface area (Å²) in [4.78, 5) is 89.5. The molecule has 0 bridgehead atoms. The van der Waals surface area contributed by atoms with Gasteiger partial charge in [-0.05, 0) is 68.7 Å². The molecule has 0 radical (unpaired) electrons. The molecule has 0 spiro atoms. The lowest BCUT2D eigenvalue weighted by Crippen LogP contribution is -2.59. The Morgan fingerprint density at radius 1 is 0.927 bits per heavy atom. The Bertz CT molecular complexity index is 1440.